The molecule has 0 radical (unpaired) electrons. The number of piperazine rings is 1. The van der Waals surface area contributed by atoms with Crippen molar-refractivity contribution in [2.24, 2.45) is 0 Å². The van der Waals surface area contributed by atoms with Crippen LogP contribution in [0.3, 0.4) is 0 Å². The average molecular weight is 408 g/mol. The number of anilines is 1. The summed E-state index contributed by atoms with van der Waals surface area (Å²) in [6.07, 6.45) is -4.97. The van der Waals surface area contributed by atoms with E-state index in [0.29, 0.717) is 38.4 Å². The van der Waals surface area contributed by atoms with Gasteiger partial charge >= 0.3 is 6.18 Å². The number of rotatable bonds is 6. The van der Waals surface area contributed by atoms with Gasteiger partial charge in [-0.05, 0) is 43.2 Å². The SMILES string of the molecule is Cc1cccc(C)c1OCC(O)CN1CCN(c2cccc(C(F)(F)F)c2)CC1. The number of benzene rings is 2. The van der Waals surface area contributed by atoms with Gasteiger partial charge < -0.3 is 14.7 Å². The average Bonchev–Trinajstić information content (AvgIpc) is 2.68. The molecule has 1 atom stereocenters. The van der Waals surface area contributed by atoms with Crippen molar-refractivity contribution < 1.29 is 23.0 Å². The zero-order chi connectivity index (χ0) is 21.0. The van der Waals surface area contributed by atoms with E-state index in [1.165, 1.54) is 12.1 Å². The van der Waals surface area contributed by atoms with E-state index in [1.54, 1.807) is 6.07 Å². The summed E-state index contributed by atoms with van der Waals surface area (Å²) in [5.41, 5.74) is 2.02. The lowest BCUT2D eigenvalue weighted by molar-refractivity contribution is -0.137. The van der Waals surface area contributed by atoms with Gasteiger partial charge in [-0.2, -0.15) is 13.2 Å². The van der Waals surface area contributed by atoms with Crippen LogP contribution in [0.4, 0.5) is 18.9 Å². The topological polar surface area (TPSA) is 35.9 Å². The number of ether oxygens (including phenoxy) is 1. The molecule has 0 saturated carbocycles. The highest BCUT2D eigenvalue weighted by Gasteiger charge is 2.31. The molecule has 0 aromatic heterocycles. The second kappa shape index (κ2) is 9.05. The van der Waals surface area contributed by atoms with E-state index in [-0.39, 0.29) is 6.61 Å². The van der Waals surface area contributed by atoms with Crippen LogP contribution in [0.15, 0.2) is 42.5 Å². The Labute approximate surface area is 169 Å². The van der Waals surface area contributed by atoms with Crippen molar-refractivity contribution in [1.82, 2.24) is 4.90 Å². The monoisotopic (exact) mass is 408 g/mol. The molecule has 1 unspecified atom stereocenters. The number of aliphatic hydroxyl groups is 1. The summed E-state index contributed by atoms with van der Waals surface area (Å²) in [5.74, 6) is 0.806. The molecule has 1 fully saturated rings. The number of hydrogen-bond donors (Lipinski definition) is 1. The number of β-amino-alcohol motifs (C(OH)–C–C–N with tert-alkyl or cyclic N) is 1. The first-order valence-electron chi connectivity index (χ1n) is 9.75. The number of hydrogen-bond acceptors (Lipinski definition) is 4. The predicted molar refractivity (Wildman–Crippen MR) is 108 cm³/mol. The van der Waals surface area contributed by atoms with E-state index in [9.17, 15) is 18.3 Å². The highest BCUT2D eigenvalue weighted by Crippen LogP contribution is 2.32. The minimum atomic E-state index is -4.34. The first-order valence-corrected chi connectivity index (χ1v) is 9.75. The van der Waals surface area contributed by atoms with Gasteiger partial charge in [0.2, 0.25) is 0 Å². The molecule has 4 nitrogen and oxygen atoms in total. The molecule has 0 spiro atoms. The molecular formula is C22H27F3N2O2. The Bertz CT molecular complexity index is 798. The Morgan fingerprint density at radius 2 is 1.62 bits per heavy atom. The van der Waals surface area contributed by atoms with Gasteiger partial charge in [0.25, 0.3) is 0 Å². The van der Waals surface area contributed by atoms with Gasteiger partial charge in [-0.3, -0.25) is 4.90 Å². The van der Waals surface area contributed by atoms with Crippen molar-refractivity contribution >= 4 is 5.69 Å². The van der Waals surface area contributed by atoms with E-state index < -0.39 is 17.8 Å². The molecule has 29 heavy (non-hydrogen) atoms. The molecule has 1 aliphatic rings. The maximum absolute atomic E-state index is 12.9. The van der Waals surface area contributed by atoms with Crippen LogP contribution < -0.4 is 9.64 Å². The zero-order valence-corrected chi connectivity index (χ0v) is 16.7. The summed E-state index contributed by atoms with van der Waals surface area (Å²) in [5, 5.41) is 10.3. The third kappa shape index (κ3) is 5.64. The van der Waals surface area contributed by atoms with Gasteiger partial charge in [-0.1, -0.05) is 24.3 Å². The summed E-state index contributed by atoms with van der Waals surface area (Å²) in [7, 11) is 0. The summed E-state index contributed by atoms with van der Waals surface area (Å²) in [6, 6.07) is 11.4. The molecule has 2 aromatic carbocycles. The molecule has 3 rings (SSSR count). The second-order valence-corrected chi connectivity index (χ2v) is 7.52. The Morgan fingerprint density at radius 3 is 2.24 bits per heavy atom. The minimum Gasteiger partial charge on any atom is -0.490 e. The molecule has 158 valence electrons. The molecule has 1 aliphatic heterocycles. The van der Waals surface area contributed by atoms with Gasteiger partial charge in [-0.15, -0.1) is 0 Å². The number of nitrogens with zero attached hydrogens (tertiary/aromatic N) is 2. The summed E-state index contributed by atoms with van der Waals surface area (Å²) >= 11 is 0. The third-order valence-corrected chi connectivity index (χ3v) is 5.21. The number of halogens is 3. The van der Waals surface area contributed by atoms with Crippen molar-refractivity contribution in [2.75, 3.05) is 44.2 Å². The minimum absolute atomic E-state index is 0.208. The maximum Gasteiger partial charge on any atom is 0.416 e. The third-order valence-electron chi connectivity index (χ3n) is 5.21. The van der Waals surface area contributed by atoms with Crippen molar-refractivity contribution in [3.63, 3.8) is 0 Å². The molecule has 2 aromatic rings. The van der Waals surface area contributed by atoms with E-state index in [0.717, 1.165) is 22.9 Å². The zero-order valence-electron chi connectivity index (χ0n) is 16.7. The number of aryl methyl sites for hydroxylation is 2. The fraction of sp³-hybridized carbons (Fsp3) is 0.455. The lowest BCUT2D eigenvalue weighted by atomic mass is 10.1. The van der Waals surface area contributed by atoms with Crippen molar-refractivity contribution in [3.05, 3.63) is 59.2 Å². The Hall–Kier alpha value is -2.25. The first kappa shape index (κ1) is 21.5. The van der Waals surface area contributed by atoms with Gasteiger partial charge in [0.1, 0.15) is 18.5 Å². The van der Waals surface area contributed by atoms with Crippen LogP contribution in [-0.4, -0.2) is 55.4 Å². The van der Waals surface area contributed by atoms with Gasteiger partial charge in [-0.25, -0.2) is 0 Å². The van der Waals surface area contributed by atoms with E-state index >= 15 is 0 Å². The van der Waals surface area contributed by atoms with Gasteiger partial charge in [0.15, 0.2) is 0 Å². The number of aliphatic hydroxyl groups excluding tert-OH is 1. The first-order chi connectivity index (χ1) is 13.7. The van der Waals surface area contributed by atoms with Crippen LogP contribution in [0.5, 0.6) is 5.75 Å². The van der Waals surface area contributed by atoms with Crippen LogP contribution in [0.2, 0.25) is 0 Å². The highest BCUT2D eigenvalue weighted by atomic mass is 19.4. The Kier molecular flexibility index (Phi) is 6.70. The summed E-state index contributed by atoms with van der Waals surface area (Å²) in [4.78, 5) is 4.06. The lowest BCUT2D eigenvalue weighted by Crippen LogP contribution is -2.49. The fourth-order valence-electron chi connectivity index (χ4n) is 3.62. The molecule has 7 heteroatoms. The molecule has 0 aliphatic carbocycles. The van der Waals surface area contributed by atoms with Crippen LogP contribution in [-0.2, 0) is 6.18 Å². The smallest absolute Gasteiger partial charge is 0.416 e. The largest absolute Gasteiger partial charge is 0.490 e. The summed E-state index contributed by atoms with van der Waals surface area (Å²) in [6.45, 7) is 7.22. The fourth-order valence-corrected chi connectivity index (χ4v) is 3.62. The maximum atomic E-state index is 12.9. The van der Waals surface area contributed by atoms with Gasteiger partial charge in [0, 0.05) is 38.4 Å². The van der Waals surface area contributed by atoms with Crippen molar-refractivity contribution in [2.45, 2.75) is 26.1 Å². The van der Waals surface area contributed by atoms with Crippen LogP contribution >= 0.6 is 0 Å². The van der Waals surface area contributed by atoms with E-state index in [2.05, 4.69) is 4.90 Å². The van der Waals surface area contributed by atoms with Crippen LogP contribution in [0.25, 0.3) is 0 Å². The molecular weight excluding hydrogens is 381 g/mol. The molecule has 0 amide bonds. The van der Waals surface area contributed by atoms with Crippen molar-refractivity contribution in [3.8, 4) is 5.75 Å². The molecule has 1 heterocycles. The van der Waals surface area contributed by atoms with Crippen LogP contribution in [0.1, 0.15) is 16.7 Å². The molecule has 1 N–H and O–H groups in total. The van der Waals surface area contributed by atoms with E-state index in [1.807, 2.05) is 36.9 Å². The standard InChI is InChI=1S/C22H27F3N2O2/c1-16-5-3-6-17(2)21(16)29-15-20(28)14-26-9-11-27(12-10-26)19-8-4-7-18(13-19)22(23,24)25/h3-8,13,20,28H,9-12,14-15H2,1-2H3. The highest BCUT2D eigenvalue weighted by molar-refractivity contribution is 5.49. The quantitative estimate of drug-likeness (QED) is 0.787. The Balaban J connectivity index is 1.48. The summed E-state index contributed by atoms with van der Waals surface area (Å²) < 4.78 is 44.6. The number of alkyl halides is 3. The second-order valence-electron chi connectivity index (χ2n) is 7.52. The lowest BCUT2D eigenvalue weighted by Gasteiger charge is -2.37. The number of para-hydroxylation sites is 1. The Morgan fingerprint density at radius 1 is 1.00 bits per heavy atom. The normalized spacial score (nSPS) is 16.7. The molecule has 1 saturated heterocycles. The van der Waals surface area contributed by atoms with Gasteiger partial charge in [0.05, 0.1) is 5.56 Å². The van der Waals surface area contributed by atoms with Crippen molar-refractivity contribution in [1.29, 1.82) is 0 Å². The van der Waals surface area contributed by atoms with Crippen LogP contribution in [0, 0.1) is 13.8 Å². The molecule has 0 bridgehead atoms. The van der Waals surface area contributed by atoms with E-state index in [4.69, 9.17) is 4.74 Å². The predicted octanol–water partition coefficient (Wildman–Crippen LogP) is 3.88.